The van der Waals surface area contributed by atoms with Gasteiger partial charge in [0.2, 0.25) is 0 Å². The summed E-state index contributed by atoms with van der Waals surface area (Å²) < 4.78 is 37.0. The molecule has 1 aliphatic rings. The molecule has 7 heteroatoms. The van der Waals surface area contributed by atoms with Crippen molar-refractivity contribution in [2.45, 2.75) is 26.6 Å². The molecular formula is C14H13F2NO4. The molecule has 1 N–H and O–H groups in total. The van der Waals surface area contributed by atoms with Crippen molar-refractivity contribution in [2.24, 2.45) is 0 Å². The summed E-state index contributed by atoms with van der Waals surface area (Å²) in [5.74, 6) is -4.90. The van der Waals surface area contributed by atoms with E-state index in [1.165, 1.54) is 26.8 Å². The van der Waals surface area contributed by atoms with Crippen LogP contribution in [0.3, 0.4) is 0 Å². The van der Waals surface area contributed by atoms with Gasteiger partial charge in [0.25, 0.3) is 5.79 Å². The topological polar surface area (TPSA) is 64.6 Å². The first-order valence-electron chi connectivity index (χ1n) is 6.09. The van der Waals surface area contributed by atoms with Gasteiger partial charge in [0.15, 0.2) is 11.4 Å². The van der Waals surface area contributed by atoms with Crippen LogP contribution in [0.4, 0.5) is 14.5 Å². The summed E-state index contributed by atoms with van der Waals surface area (Å²) in [4.78, 5) is 23.3. The molecule has 5 nitrogen and oxygen atoms in total. The van der Waals surface area contributed by atoms with Crippen LogP contribution in [0.5, 0.6) is 0 Å². The van der Waals surface area contributed by atoms with Crippen LogP contribution in [-0.2, 0) is 19.1 Å². The van der Waals surface area contributed by atoms with Crippen LogP contribution in [-0.4, -0.2) is 17.7 Å². The highest BCUT2D eigenvalue weighted by molar-refractivity contribution is 6.15. The molecule has 0 atom stereocenters. The molecule has 0 aliphatic carbocycles. The van der Waals surface area contributed by atoms with E-state index in [1.54, 1.807) is 0 Å². The van der Waals surface area contributed by atoms with Gasteiger partial charge in [0.05, 0.1) is 0 Å². The molecular weight excluding hydrogens is 284 g/mol. The van der Waals surface area contributed by atoms with E-state index >= 15 is 0 Å². The standard InChI is InChI=1S/C14H13F2NO4/c1-7-4-5-9(15)11(10(7)16)17-6-8-12(18)20-14(2,3)21-13(8)19/h4-6,17H,1-3H3. The van der Waals surface area contributed by atoms with Crippen molar-refractivity contribution in [3.63, 3.8) is 0 Å². The van der Waals surface area contributed by atoms with E-state index in [4.69, 9.17) is 9.47 Å². The van der Waals surface area contributed by atoms with Crippen molar-refractivity contribution in [3.8, 4) is 0 Å². The lowest BCUT2D eigenvalue weighted by Crippen LogP contribution is -2.42. The summed E-state index contributed by atoms with van der Waals surface area (Å²) >= 11 is 0. The smallest absolute Gasteiger partial charge is 0.350 e. The molecule has 1 fully saturated rings. The van der Waals surface area contributed by atoms with E-state index in [0.717, 1.165) is 12.3 Å². The van der Waals surface area contributed by atoms with Crippen molar-refractivity contribution in [3.05, 3.63) is 41.1 Å². The molecule has 0 aromatic heterocycles. The highest BCUT2D eigenvalue weighted by Crippen LogP contribution is 2.25. The number of rotatable bonds is 2. The van der Waals surface area contributed by atoms with Crippen LogP contribution in [0.2, 0.25) is 0 Å². The quantitative estimate of drug-likeness (QED) is 0.516. The maximum Gasteiger partial charge on any atom is 0.350 e. The maximum absolute atomic E-state index is 13.8. The van der Waals surface area contributed by atoms with E-state index in [9.17, 15) is 18.4 Å². The Morgan fingerprint density at radius 2 is 1.71 bits per heavy atom. The molecule has 0 unspecified atom stereocenters. The Hall–Kier alpha value is -2.44. The first kappa shape index (κ1) is 15.0. The number of cyclic esters (lactones) is 2. The van der Waals surface area contributed by atoms with Gasteiger partial charge < -0.3 is 14.8 Å². The number of halogens is 2. The third kappa shape index (κ3) is 3.01. The molecule has 0 amide bonds. The number of benzene rings is 1. The fourth-order valence-corrected chi connectivity index (χ4v) is 1.71. The zero-order valence-corrected chi connectivity index (χ0v) is 11.6. The lowest BCUT2D eigenvalue weighted by molar-refractivity contribution is -0.222. The molecule has 0 spiro atoms. The molecule has 112 valence electrons. The Morgan fingerprint density at radius 1 is 1.14 bits per heavy atom. The van der Waals surface area contributed by atoms with E-state index in [-0.39, 0.29) is 5.56 Å². The second kappa shape index (κ2) is 5.16. The normalized spacial score (nSPS) is 17.1. The predicted molar refractivity (Wildman–Crippen MR) is 69.1 cm³/mol. The number of esters is 2. The van der Waals surface area contributed by atoms with Crippen molar-refractivity contribution in [1.29, 1.82) is 0 Å². The molecule has 21 heavy (non-hydrogen) atoms. The Bertz CT molecular complexity index is 631. The summed E-state index contributed by atoms with van der Waals surface area (Å²) in [6, 6.07) is 2.34. The Morgan fingerprint density at radius 3 is 2.29 bits per heavy atom. The third-order valence-corrected chi connectivity index (χ3v) is 2.76. The van der Waals surface area contributed by atoms with E-state index in [0.29, 0.717) is 0 Å². The van der Waals surface area contributed by atoms with Gasteiger partial charge in [-0.3, -0.25) is 0 Å². The molecule has 0 radical (unpaired) electrons. The van der Waals surface area contributed by atoms with E-state index < -0.39 is 40.6 Å². The van der Waals surface area contributed by atoms with Gasteiger partial charge in [-0.1, -0.05) is 6.07 Å². The second-order valence-corrected chi connectivity index (χ2v) is 4.93. The van der Waals surface area contributed by atoms with E-state index in [1.807, 2.05) is 0 Å². The maximum atomic E-state index is 13.8. The van der Waals surface area contributed by atoms with Gasteiger partial charge in [0, 0.05) is 20.0 Å². The summed E-state index contributed by atoms with van der Waals surface area (Å²) in [5.41, 5.74) is -0.727. The number of carbonyl (C=O) groups excluding carboxylic acids is 2. The molecule has 1 aliphatic heterocycles. The highest BCUT2D eigenvalue weighted by atomic mass is 19.1. The number of hydrogen-bond acceptors (Lipinski definition) is 5. The minimum absolute atomic E-state index is 0.215. The number of carbonyl (C=O) groups is 2. The molecule has 1 heterocycles. The Labute approximate surface area is 119 Å². The number of anilines is 1. The average molecular weight is 297 g/mol. The minimum atomic E-state index is -1.37. The number of hydrogen-bond donors (Lipinski definition) is 1. The average Bonchev–Trinajstić information content (AvgIpc) is 2.35. The van der Waals surface area contributed by atoms with Crippen molar-refractivity contribution < 1.29 is 27.8 Å². The monoisotopic (exact) mass is 297 g/mol. The van der Waals surface area contributed by atoms with Gasteiger partial charge in [-0.05, 0) is 18.6 Å². The van der Waals surface area contributed by atoms with Gasteiger partial charge in [-0.25, -0.2) is 18.4 Å². The zero-order valence-electron chi connectivity index (χ0n) is 11.6. The zero-order chi connectivity index (χ0) is 15.8. The Balaban J connectivity index is 2.28. The number of ether oxygens (including phenoxy) is 2. The summed E-state index contributed by atoms with van der Waals surface area (Å²) in [5, 5.41) is 2.27. The molecule has 1 aromatic rings. The van der Waals surface area contributed by atoms with Crippen molar-refractivity contribution in [1.82, 2.24) is 0 Å². The lowest BCUT2D eigenvalue weighted by atomic mass is 10.2. The van der Waals surface area contributed by atoms with Crippen molar-refractivity contribution >= 4 is 17.6 Å². The molecule has 2 rings (SSSR count). The first-order chi connectivity index (χ1) is 9.71. The SMILES string of the molecule is Cc1ccc(F)c(NC=C2C(=O)OC(C)(C)OC2=O)c1F. The van der Waals surface area contributed by atoms with Crippen LogP contribution >= 0.6 is 0 Å². The summed E-state index contributed by atoms with van der Waals surface area (Å²) in [6.45, 7) is 4.25. The molecule has 0 bridgehead atoms. The summed E-state index contributed by atoms with van der Waals surface area (Å²) in [7, 11) is 0. The predicted octanol–water partition coefficient (Wildman–Crippen LogP) is 2.41. The van der Waals surface area contributed by atoms with Crippen LogP contribution < -0.4 is 5.32 Å². The van der Waals surface area contributed by atoms with E-state index in [2.05, 4.69) is 5.32 Å². The fourth-order valence-electron chi connectivity index (χ4n) is 1.71. The molecule has 1 saturated heterocycles. The lowest BCUT2D eigenvalue weighted by Gasteiger charge is -2.29. The third-order valence-electron chi connectivity index (χ3n) is 2.76. The largest absolute Gasteiger partial charge is 0.419 e. The van der Waals surface area contributed by atoms with Gasteiger partial charge >= 0.3 is 11.9 Å². The van der Waals surface area contributed by atoms with Crippen LogP contribution in [0, 0.1) is 18.6 Å². The van der Waals surface area contributed by atoms with Gasteiger partial charge in [0.1, 0.15) is 11.5 Å². The van der Waals surface area contributed by atoms with Crippen LogP contribution in [0.15, 0.2) is 23.9 Å². The highest BCUT2D eigenvalue weighted by Gasteiger charge is 2.39. The Kier molecular flexibility index (Phi) is 3.67. The molecule has 0 saturated carbocycles. The van der Waals surface area contributed by atoms with Crippen LogP contribution in [0.1, 0.15) is 19.4 Å². The first-order valence-corrected chi connectivity index (χ1v) is 6.09. The van der Waals surface area contributed by atoms with Gasteiger partial charge in [-0.15, -0.1) is 0 Å². The summed E-state index contributed by atoms with van der Waals surface area (Å²) in [6.07, 6.45) is 0.862. The minimum Gasteiger partial charge on any atom is -0.419 e. The molecule has 1 aromatic carbocycles. The van der Waals surface area contributed by atoms with Gasteiger partial charge in [-0.2, -0.15) is 0 Å². The number of nitrogens with one attached hydrogen (secondary N) is 1. The number of aryl methyl sites for hydroxylation is 1. The second-order valence-electron chi connectivity index (χ2n) is 4.93. The van der Waals surface area contributed by atoms with Crippen molar-refractivity contribution in [2.75, 3.05) is 5.32 Å². The fraction of sp³-hybridized carbons (Fsp3) is 0.286. The van der Waals surface area contributed by atoms with Crippen LogP contribution in [0.25, 0.3) is 0 Å².